The maximum atomic E-state index is 13.9. The molecule has 1 saturated carbocycles. The first-order valence-electron chi connectivity index (χ1n) is 20.3. The Morgan fingerprint density at radius 1 is 0.793 bits per heavy atom. The molecule has 2 saturated heterocycles. The van der Waals surface area contributed by atoms with Gasteiger partial charge in [-0.2, -0.15) is 5.26 Å². The van der Waals surface area contributed by atoms with Crippen LogP contribution in [-0.4, -0.2) is 88.6 Å². The quantitative estimate of drug-likeness (QED) is 0.297. The second-order valence-electron chi connectivity index (χ2n) is 18.1. The van der Waals surface area contributed by atoms with E-state index in [-0.39, 0.29) is 47.6 Å². The van der Waals surface area contributed by atoms with Gasteiger partial charge in [0.1, 0.15) is 24.0 Å². The first kappa shape index (κ1) is 38.3. The van der Waals surface area contributed by atoms with Crippen LogP contribution in [0.25, 0.3) is 0 Å². The molecule has 1 unspecified atom stereocenters. The number of amides is 5. The number of rotatable bonds is 7. The van der Waals surface area contributed by atoms with Gasteiger partial charge < -0.3 is 14.5 Å². The van der Waals surface area contributed by atoms with Crippen LogP contribution in [0.4, 0.5) is 5.69 Å². The van der Waals surface area contributed by atoms with E-state index in [9.17, 15) is 29.2 Å². The minimum absolute atomic E-state index is 0.0453. The van der Waals surface area contributed by atoms with E-state index >= 15 is 0 Å². The van der Waals surface area contributed by atoms with Crippen molar-refractivity contribution in [3.05, 3.63) is 92.5 Å². The Kier molecular flexibility index (Phi) is 9.21. The second-order valence-corrected chi connectivity index (χ2v) is 18.5. The van der Waals surface area contributed by atoms with E-state index < -0.39 is 23.8 Å². The summed E-state index contributed by atoms with van der Waals surface area (Å²) in [5, 5.41) is 11.9. The van der Waals surface area contributed by atoms with Gasteiger partial charge in [0.15, 0.2) is 0 Å². The first-order valence-corrected chi connectivity index (χ1v) is 20.7. The smallest absolute Gasteiger partial charge is 0.262 e. The molecule has 1 N–H and O–H groups in total. The highest BCUT2D eigenvalue weighted by atomic mass is 35.5. The number of ether oxygens (including phenoxy) is 1. The monoisotopic (exact) mass is 802 g/mol. The third kappa shape index (κ3) is 6.16. The highest BCUT2D eigenvalue weighted by Gasteiger charge is 2.67. The van der Waals surface area contributed by atoms with E-state index in [1.54, 1.807) is 18.2 Å². The van der Waals surface area contributed by atoms with E-state index in [0.717, 1.165) is 78.3 Å². The Morgan fingerprint density at radius 3 is 2.17 bits per heavy atom. The van der Waals surface area contributed by atoms with Crippen molar-refractivity contribution in [2.24, 2.45) is 16.7 Å². The predicted molar refractivity (Wildman–Crippen MR) is 215 cm³/mol. The summed E-state index contributed by atoms with van der Waals surface area (Å²) in [7, 11) is 0. The Morgan fingerprint density at radius 2 is 1.50 bits per heavy atom. The first-order chi connectivity index (χ1) is 27.6. The van der Waals surface area contributed by atoms with Crippen LogP contribution in [0.1, 0.15) is 107 Å². The predicted octanol–water partition coefficient (Wildman–Crippen LogP) is 5.73. The molecule has 3 fully saturated rings. The van der Waals surface area contributed by atoms with Crippen LogP contribution >= 0.6 is 11.6 Å². The molecule has 3 aromatic rings. The van der Waals surface area contributed by atoms with Crippen molar-refractivity contribution in [2.45, 2.75) is 91.1 Å². The molecule has 13 heteroatoms. The highest BCUT2D eigenvalue weighted by molar-refractivity contribution is 6.31. The molecule has 5 amide bonds. The number of anilines is 1. The molecule has 0 aromatic heterocycles. The number of halogens is 1. The van der Waals surface area contributed by atoms with Gasteiger partial charge in [0.05, 0.1) is 21.7 Å². The third-order valence-electron chi connectivity index (χ3n) is 13.7. The van der Waals surface area contributed by atoms with Gasteiger partial charge in [-0.3, -0.25) is 39.1 Å². The molecule has 5 aliphatic heterocycles. The molecule has 58 heavy (non-hydrogen) atoms. The third-order valence-corrected chi connectivity index (χ3v) is 14.0. The van der Waals surface area contributed by atoms with Gasteiger partial charge in [0.25, 0.3) is 17.7 Å². The van der Waals surface area contributed by atoms with Crippen LogP contribution in [0.3, 0.4) is 0 Å². The fraction of sp³-hybridized carbons (Fsp3) is 0.467. The minimum Gasteiger partial charge on any atom is -0.489 e. The maximum absolute atomic E-state index is 13.9. The summed E-state index contributed by atoms with van der Waals surface area (Å²) in [6, 6.07) is 16.2. The Balaban J connectivity index is 0.807. The lowest BCUT2D eigenvalue weighted by Gasteiger charge is -2.65. The molecule has 0 radical (unpaired) electrons. The van der Waals surface area contributed by atoms with E-state index in [4.69, 9.17) is 16.3 Å². The lowest BCUT2D eigenvalue weighted by molar-refractivity contribution is -0.199. The van der Waals surface area contributed by atoms with Crippen LogP contribution in [0.15, 0.2) is 48.5 Å². The molecule has 6 aliphatic rings. The van der Waals surface area contributed by atoms with Crippen LogP contribution in [0, 0.1) is 28.1 Å². The summed E-state index contributed by atoms with van der Waals surface area (Å²) in [5.41, 5.74) is 5.49. The molecule has 0 spiro atoms. The second kappa shape index (κ2) is 13.9. The van der Waals surface area contributed by atoms with Gasteiger partial charge >= 0.3 is 0 Å². The summed E-state index contributed by atoms with van der Waals surface area (Å²) in [4.78, 5) is 72.8. The zero-order chi connectivity index (χ0) is 40.8. The standard InChI is InChI=1S/C45H47ClN6O6/c1-44(2)42(45(3,4)43(44)58-31-7-5-27(21-47)35(46)20-31)51-24-29-17-30(6-8-32(29)39(51)55)50-15-11-25(12-16-50)22-49-14-13-26-18-33-34(19-28(26)23-49)41(57)52(40(33)56)36-9-10-37(53)48-38(36)54/h5-8,17-20,25,36,42-43H,9-16,22-24H2,1-4H3,(H,48,53,54). The average molecular weight is 803 g/mol. The number of fused-ring (bicyclic) bond motifs is 3. The van der Waals surface area contributed by atoms with Crippen molar-refractivity contribution in [3.63, 3.8) is 0 Å². The fourth-order valence-corrected chi connectivity index (χ4v) is 11.4. The lowest BCUT2D eigenvalue weighted by atomic mass is 9.49. The number of nitriles is 1. The number of hydrogen-bond donors (Lipinski definition) is 1. The van der Waals surface area contributed by atoms with Crippen molar-refractivity contribution in [1.82, 2.24) is 20.0 Å². The number of nitrogens with one attached hydrogen (secondary N) is 1. The average Bonchev–Trinajstić information content (AvgIpc) is 3.62. The number of nitrogens with zero attached hydrogens (tertiary/aromatic N) is 5. The SMILES string of the molecule is CC1(C)C(Oc2ccc(C#N)c(Cl)c2)C(C)(C)C1N1Cc2cc(N3CCC(CN4CCc5cc6c(cc5C4)C(=O)N(C4CCC(=O)NC4=O)C6=O)CC3)ccc2C1=O. The summed E-state index contributed by atoms with van der Waals surface area (Å²) in [5.74, 6) is -0.729. The Hall–Kier alpha value is -5.25. The largest absolute Gasteiger partial charge is 0.489 e. The zero-order valence-electron chi connectivity index (χ0n) is 33.3. The summed E-state index contributed by atoms with van der Waals surface area (Å²) in [6.45, 7) is 13.5. The van der Waals surface area contributed by atoms with Gasteiger partial charge in [-0.25, -0.2) is 0 Å². The number of piperidine rings is 2. The maximum Gasteiger partial charge on any atom is 0.262 e. The number of imide groups is 2. The molecule has 300 valence electrons. The van der Waals surface area contributed by atoms with E-state index in [2.05, 4.69) is 61.0 Å². The lowest BCUT2D eigenvalue weighted by Crippen LogP contribution is -2.74. The van der Waals surface area contributed by atoms with Gasteiger partial charge in [-0.05, 0) is 90.8 Å². The fourth-order valence-electron chi connectivity index (χ4n) is 11.2. The van der Waals surface area contributed by atoms with Gasteiger partial charge in [-0.15, -0.1) is 0 Å². The molecule has 5 heterocycles. The Labute approximate surface area is 343 Å². The summed E-state index contributed by atoms with van der Waals surface area (Å²) in [6.07, 6.45) is 2.93. The molecule has 12 nitrogen and oxygen atoms in total. The molecule has 1 aliphatic carbocycles. The van der Waals surface area contributed by atoms with Gasteiger partial charge in [0, 0.05) is 79.9 Å². The summed E-state index contributed by atoms with van der Waals surface area (Å²) >= 11 is 6.31. The number of carbonyl (C=O) groups excluding carboxylic acids is 5. The van der Waals surface area contributed by atoms with Gasteiger partial charge in [-0.1, -0.05) is 39.3 Å². The van der Waals surface area contributed by atoms with E-state index in [0.29, 0.717) is 46.5 Å². The molecule has 1 atom stereocenters. The molecule has 0 bridgehead atoms. The van der Waals surface area contributed by atoms with Crippen LogP contribution in [0.2, 0.25) is 5.02 Å². The van der Waals surface area contributed by atoms with Crippen LogP contribution in [0.5, 0.6) is 5.75 Å². The molecular weight excluding hydrogens is 756 g/mol. The minimum atomic E-state index is -0.969. The Bertz CT molecular complexity index is 2330. The van der Waals surface area contributed by atoms with Crippen LogP contribution in [-0.2, 0) is 29.1 Å². The number of carbonyl (C=O) groups is 5. The van der Waals surface area contributed by atoms with Crippen molar-refractivity contribution in [3.8, 4) is 11.8 Å². The normalized spacial score (nSPS) is 25.2. The van der Waals surface area contributed by atoms with E-state index in [1.165, 1.54) is 0 Å². The number of hydrogen-bond acceptors (Lipinski definition) is 9. The molecular formula is C45H47ClN6O6. The molecule has 3 aromatic carbocycles. The van der Waals surface area contributed by atoms with Crippen LogP contribution < -0.4 is 15.0 Å². The van der Waals surface area contributed by atoms with Crippen molar-refractivity contribution < 1.29 is 28.7 Å². The van der Waals surface area contributed by atoms with Crippen molar-refractivity contribution >= 4 is 46.8 Å². The summed E-state index contributed by atoms with van der Waals surface area (Å²) < 4.78 is 6.50. The van der Waals surface area contributed by atoms with Crippen molar-refractivity contribution in [2.75, 3.05) is 31.1 Å². The van der Waals surface area contributed by atoms with Gasteiger partial charge in [0.2, 0.25) is 11.8 Å². The highest BCUT2D eigenvalue weighted by Crippen LogP contribution is 2.59. The molecule has 9 rings (SSSR count). The number of benzene rings is 3. The van der Waals surface area contributed by atoms with E-state index in [1.807, 2.05) is 23.1 Å². The van der Waals surface area contributed by atoms with Crippen molar-refractivity contribution in [1.29, 1.82) is 5.26 Å². The topological polar surface area (TPSA) is 143 Å². The zero-order valence-corrected chi connectivity index (χ0v) is 34.0.